The van der Waals surface area contributed by atoms with Gasteiger partial charge in [-0.15, -0.1) is 0 Å². The van der Waals surface area contributed by atoms with E-state index in [2.05, 4.69) is 10.6 Å². The number of carbonyl (C=O) groups is 2. The summed E-state index contributed by atoms with van der Waals surface area (Å²) in [5.41, 5.74) is 3.27. The van der Waals surface area contributed by atoms with Gasteiger partial charge in [0.05, 0.1) is 11.4 Å². The number of halogens is 1. The third-order valence-corrected chi connectivity index (χ3v) is 7.45. The van der Waals surface area contributed by atoms with Gasteiger partial charge < -0.3 is 10.6 Å². The maximum atomic E-state index is 12.7. The van der Waals surface area contributed by atoms with Crippen molar-refractivity contribution in [1.29, 1.82) is 0 Å². The molecule has 33 heavy (non-hydrogen) atoms. The quantitative estimate of drug-likeness (QED) is 0.550. The summed E-state index contributed by atoms with van der Waals surface area (Å²) in [6.07, 6.45) is 0.591. The molecule has 1 aliphatic rings. The van der Waals surface area contributed by atoms with Gasteiger partial charge in [-0.25, -0.2) is 8.42 Å². The highest BCUT2D eigenvalue weighted by atomic mass is 35.5. The van der Waals surface area contributed by atoms with Crippen LogP contribution in [0.5, 0.6) is 0 Å². The predicted octanol–water partition coefficient (Wildman–Crippen LogP) is 4.69. The second kappa shape index (κ2) is 9.25. The third-order valence-electron chi connectivity index (χ3n) is 5.35. The molecule has 4 rings (SSSR count). The Balaban J connectivity index is 1.47. The van der Waals surface area contributed by atoms with Crippen molar-refractivity contribution in [2.24, 2.45) is 0 Å². The average molecular weight is 484 g/mol. The Hall–Kier alpha value is -3.36. The van der Waals surface area contributed by atoms with Gasteiger partial charge in [0.25, 0.3) is 11.8 Å². The summed E-state index contributed by atoms with van der Waals surface area (Å²) in [6.45, 7) is 2.30. The fourth-order valence-corrected chi connectivity index (χ4v) is 5.33. The van der Waals surface area contributed by atoms with Crippen molar-refractivity contribution in [1.82, 2.24) is 0 Å². The fraction of sp³-hybridized carbons (Fsp3) is 0.167. The first-order chi connectivity index (χ1) is 15.7. The van der Waals surface area contributed by atoms with E-state index in [0.717, 1.165) is 5.56 Å². The SMILES string of the molecule is Cc1ccc(NC(=O)c2ccc(N3CCCS3(=O)=O)cc2)cc1NC(=O)c1cccc(Cl)c1. The van der Waals surface area contributed by atoms with Gasteiger partial charge in [-0.2, -0.15) is 0 Å². The molecule has 9 heteroatoms. The lowest BCUT2D eigenvalue weighted by molar-refractivity contribution is 0.101. The van der Waals surface area contributed by atoms with Crippen molar-refractivity contribution in [3.8, 4) is 0 Å². The van der Waals surface area contributed by atoms with Gasteiger partial charge in [-0.1, -0.05) is 23.7 Å². The summed E-state index contributed by atoms with van der Waals surface area (Å²) >= 11 is 5.96. The van der Waals surface area contributed by atoms with Crippen LogP contribution in [-0.4, -0.2) is 32.5 Å². The average Bonchev–Trinajstić information content (AvgIpc) is 3.15. The molecule has 7 nitrogen and oxygen atoms in total. The van der Waals surface area contributed by atoms with Gasteiger partial charge in [-0.05, 0) is 73.5 Å². The zero-order chi connectivity index (χ0) is 23.6. The van der Waals surface area contributed by atoms with E-state index in [1.54, 1.807) is 66.7 Å². The van der Waals surface area contributed by atoms with E-state index in [-0.39, 0.29) is 17.6 Å². The van der Waals surface area contributed by atoms with Gasteiger partial charge in [-0.3, -0.25) is 13.9 Å². The van der Waals surface area contributed by atoms with Crippen LogP contribution in [0.3, 0.4) is 0 Å². The number of sulfonamides is 1. The molecular formula is C24H22ClN3O4S. The number of nitrogens with zero attached hydrogens (tertiary/aromatic N) is 1. The van der Waals surface area contributed by atoms with E-state index < -0.39 is 10.0 Å². The molecule has 0 saturated carbocycles. The van der Waals surface area contributed by atoms with E-state index in [1.165, 1.54) is 4.31 Å². The first kappa shape index (κ1) is 22.8. The topological polar surface area (TPSA) is 95.6 Å². The van der Waals surface area contributed by atoms with Crippen molar-refractivity contribution >= 4 is 50.5 Å². The Morgan fingerprint density at radius 2 is 1.64 bits per heavy atom. The van der Waals surface area contributed by atoms with E-state index in [4.69, 9.17) is 11.6 Å². The van der Waals surface area contributed by atoms with Crippen LogP contribution < -0.4 is 14.9 Å². The fourth-order valence-electron chi connectivity index (χ4n) is 3.57. The number of benzene rings is 3. The second-order valence-corrected chi connectivity index (χ2v) is 10.2. The lowest BCUT2D eigenvalue weighted by Gasteiger charge is -2.17. The maximum absolute atomic E-state index is 12.7. The number of carbonyl (C=O) groups excluding carboxylic acids is 2. The summed E-state index contributed by atoms with van der Waals surface area (Å²) < 4.78 is 25.5. The zero-order valence-electron chi connectivity index (χ0n) is 17.8. The van der Waals surface area contributed by atoms with Crippen molar-refractivity contribution in [2.75, 3.05) is 27.2 Å². The molecule has 0 unspecified atom stereocenters. The van der Waals surface area contributed by atoms with Crippen molar-refractivity contribution in [3.05, 3.63) is 88.4 Å². The summed E-state index contributed by atoms with van der Waals surface area (Å²) in [6, 6.07) is 18.3. The minimum absolute atomic E-state index is 0.138. The Labute approximate surface area is 197 Å². The minimum atomic E-state index is -3.27. The third kappa shape index (κ3) is 5.18. The molecule has 3 aromatic carbocycles. The van der Waals surface area contributed by atoms with Gasteiger partial charge in [0.1, 0.15) is 0 Å². The molecule has 3 aromatic rings. The van der Waals surface area contributed by atoms with E-state index >= 15 is 0 Å². The Morgan fingerprint density at radius 3 is 2.30 bits per heavy atom. The summed E-state index contributed by atoms with van der Waals surface area (Å²) in [4.78, 5) is 25.3. The summed E-state index contributed by atoms with van der Waals surface area (Å²) in [7, 11) is -3.27. The van der Waals surface area contributed by atoms with Crippen molar-refractivity contribution in [2.45, 2.75) is 13.3 Å². The van der Waals surface area contributed by atoms with Crippen LogP contribution >= 0.6 is 11.6 Å². The molecule has 1 saturated heterocycles. The monoisotopic (exact) mass is 483 g/mol. The number of anilines is 3. The van der Waals surface area contributed by atoms with Crippen molar-refractivity contribution < 1.29 is 18.0 Å². The molecule has 0 bridgehead atoms. The zero-order valence-corrected chi connectivity index (χ0v) is 19.4. The molecule has 2 N–H and O–H groups in total. The summed E-state index contributed by atoms with van der Waals surface area (Å²) in [5.74, 6) is -0.517. The first-order valence-corrected chi connectivity index (χ1v) is 12.3. The molecule has 1 aliphatic heterocycles. The molecule has 0 radical (unpaired) electrons. The van der Waals surface area contributed by atoms with Crippen LogP contribution in [0, 0.1) is 6.92 Å². The number of nitrogens with one attached hydrogen (secondary N) is 2. The van der Waals surface area contributed by atoms with Gasteiger partial charge in [0.15, 0.2) is 0 Å². The largest absolute Gasteiger partial charge is 0.322 e. The van der Waals surface area contributed by atoms with E-state index in [0.29, 0.717) is 46.2 Å². The molecular weight excluding hydrogens is 462 g/mol. The van der Waals surface area contributed by atoms with Crippen molar-refractivity contribution in [3.63, 3.8) is 0 Å². The molecule has 2 amide bonds. The van der Waals surface area contributed by atoms with Crippen LogP contribution in [0.1, 0.15) is 32.7 Å². The van der Waals surface area contributed by atoms with E-state index in [1.807, 2.05) is 6.92 Å². The molecule has 170 valence electrons. The highest BCUT2D eigenvalue weighted by Gasteiger charge is 2.28. The Morgan fingerprint density at radius 1 is 0.909 bits per heavy atom. The molecule has 0 aliphatic carbocycles. The lowest BCUT2D eigenvalue weighted by atomic mass is 10.1. The van der Waals surface area contributed by atoms with Gasteiger partial charge in [0.2, 0.25) is 10.0 Å². The van der Waals surface area contributed by atoms with Gasteiger partial charge >= 0.3 is 0 Å². The van der Waals surface area contributed by atoms with Crippen LogP contribution in [0.2, 0.25) is 5.02 Å². The lowest BCUT2D eigenvalue weighted by Crippen LogP contribution is -2.25. The Bertz CT molecular complexity index is 1320. The normalized spacial score (nSPS) is 14.7. The number of rotatable bonds is 5. The number of hydrogen-bond acceptors (Lipinski definition) is 4. The molecule has 1 heterocycles. The molecule has 1 fully saturated rings. The van der Waals surface area contributed by atoms with E-state index in [9.17, 15) is 18.0 Å². The predicted molar refractivity (Wildman–Crippen MR) is 131 cm³/mol. The first-order valence-electron chi connectivity index (χ1n) is 10.3. The number of amides is 2. The van der Waals surface area contributed by atoms with Crippen LogP contribution in [-0.2, 0) is 10.0 Å². The van der Waals surface area contributed by atoms with Gasteiger partial charge in [0, 0.05) is 34.1 Å². The highest BCUT2D eigenvalue weighted by Crippen LogP contribution is 2.25. The number of hydrogen-bond donors (Lipinski definition) is 2. The van der Waals surface area contributed by atoms with Crippen LogP contribution in [0.4, 0.5) is 17.1 Å². The minimum Gasteiger partial charge on any atom is -0.322 e. The molecule has 0 aromatic heterocycles. The highest BCUT2D eigenvalue weighted by molar-refractivity contribution is 7.93. The van der Waals surface area contributed by atoms with Crippen LogP contribution in [0.15, 0.2) is 66.7 Å². The second-order valence-electron chi connectivity index (χ2n) is 7.74. The summed E-state index contributed by atoms with van der Waals surface area (Å²) in [5, 5.41) is 6.12. The molecule has 0 atom stereocenters. The Kier molecular flexibility index (Phi) is 6.40. The van der Waals surface area contributed by atoms with Crippen LogP contribution in [0.25, 0.3) is 0 Å². The standard InChI is InChI=1S/C24H22ClN3O4S/c1-16-6-9-20(15-22(16)27-24(30)18-4-2-5-19(25)14-18)26-23(29)17-7-10-21(11-8-17)28-12-3-13-33(28,31)32/h2,4-11,14-15H,3,12-13H2,1H3,(H,26,29)(H,27,30). The molecule has 0 spiro atoms. The maximum Gasteiger partial charge on any atom is 0.255 e. The number of aryl methyl sites for hydroxylation is 1. The smallest absolute Gasteiger partial charge is 0.255 e.